The Morgan fingerprint density at radius 3 is 2.19 bits per heavy atom. The lowest BCUT2D eigenvalue weighted by atomic mass is 9.97. The van der Waals surface area contributed by atoms with Gasteiger partial charge in [-0.2, -0.15) is 0 Å². The molecule has 0 saturated carbocycles. The van der Waals surface area contributed by atoms with Crippen molar-refractivity contribution in [3.63, 3.8) is 0 Å². The van der Waals surface area contributed by atoms with Crippen LogP contribution in [0.25, 0.3) is 0 Å². The van der Waals surface area contributed by atoms with Gasteiger partial charge in [0.1, 0.15) is 11.6 Å². The van der Waals surface area contributed by atoms with Crippen molar-refractivity contribution in [1.29, 1.82) is 0 Å². The normalized spacial score (nSPS) is 20.2. The summed E-state index contributed by atoms with van der Waals surface area (Å²) in [6, 6.07) is 13.5. The third-order valence-electron chi connectivity index (χ3n) is 5.38. The molecule has 0 bridgehead atoms. The zero-order valence-corrected chi connectivity index (χ0v) is 17.7. The Bertz CT molecular complexity index is 1140. The second-order valence-electron chi connectivity index (χ2n) is 7.30. The van der Waals surface area contributed by atoms with Crippen LogP contribution >= 0.6 is 23.2 Å². The van der Waals surface area contributed by atoms with E-state index in [0.29, 0.717) is 58.9 Å². The number of rotatable bonds is 3. The first kappa shape index (κ1) is 20.4. The van der Waals surface area contributed by atoms with E-state index in [1.54, 1.807) is 36.4 Å². The van der Waals surface area contributed by atoms with E-state index in [9.17, 15) is 8.78 Å². The maximum atomic E-state index is 15.0. The highest BCUT2D eigenvalue weighted by molar-refractivity contribution is 6.35. The summed E-state index contributed by atoms with van der Waals surface area (Å²) < 4.78 is 46.4. The van der Waals surface area contributed by atoms with E-state index in [0.717, 1.165) is 0 Å². The van der Waals surface area contributed by atoms with Gasteiger partial charge in [0.15, 0.2) is 11.5 Å². The number of ether oxygens (including phenoxy) is 3. The Labute approximate surface area is 187 Å². The summed E-state index contributed by atoms with van der Waals surface area (Å²) in [7, 11) is 0. The van der Waals surface area contributed by atoms with Crippen molar-refractivity contribution in [2.45, 2.75) is 5.79 Å². The molecule has 1 fully saturated rings. The van der Waals surface area contributed by atoms with Gasteiger partial charge in [-0.25, -0.2) is 8.78 Å². The van der Waals surface area contributed by atoms with E-state index in [1.807, 2.05) is 4.90 Å². The zero-order chi connectivity index (χ0) is 21.6. The van der Waals surface area contributed by atoms with Gasteiger partial charge < -0.3 is 19.1 Å². The fourth-order valence-corrected chi connectivity index (χ4v) is 4.40. The van der Waals surface area contributed by atoms with Gasteiger partial charge in [0.2, 0.25) is 0 Å². The highest BCUT2D eigenvalue weighted by atomic mass is 35.5. The van der Waals surface area contributed by atoms with Gasteiger partial charge in [-0.15, -0.1) is 0 Å². The van der Waals surface area contributed by atoms with Crippen molar-refractivity contribution in [2.75, 3.05) is 31.2 Å². The van der Waals surface area contributed by atoms with Crippen LogP contribution in [0, 0.1) is 11.6 Å². The predicted octanol–water partition coefficient (Wildman–Crippen LogP) is 5.78. The molecule has 1 saturated heterocycles. The van der Waals surface area contributed by atoms with Crippen LogP contribution in [0.4, 0.5) is 14.5 Å². The minimum Gasteiger partial charge on any atom is -0.440 e. The summed E-state index contributed by atoms with van der Waals surface area (Å²) >= 11 is 12.6. The molecule has 4 nitrogen and oxygen atoms in total. The van der Waals surface area contributed by atoms with Gasteiger partial charge in [-0.1, -0.05) is 23.2 Å². The number of halogens is 4. The van der Waals surface area contributed by atoms with Crippen molar-refractivity contribution in [1.82, 2.24) is 0 Å². The third-order valence-corrected chi connectivity index (χ3v) is 5.93. The Hall–Kier alpha value is -2.54. The van der Waals surface area contributed by atoms with Crippen LogP contribution in [0.2, 0.25) is 10.0 Å². The molecule has 2 aliphatic heterocycles. The molecule has 160 valence electrons. The molecule has 31 heavy (non-hydrogen) atoms. The van der Waals surface area contributed by atoms with Crippen LogP contribution in [0.3, 0.4) is 0 Å². The maximum absolute atomic E-state index is 15.0. The summed E-state index contributed by atoms with van der Waals surface area (Å²) in [5.74, 6) is -1.77. The Morgan fingerprint density at radius 1 is 0.839 bits per heavy atom. The number of hydrogen-bond acceptors (Lipinski definition) is 4. The summed E-state index contributed by atoms with van der Waals surface area (Å²) in [5.41, 5.74) is 1.38. The summed E-state index contributed by atoms with van der Waals surface area (Å²) in [4.78, 5) is 1.90. The van der Waals surface area contributed by atoms with Crippen LogP contribution in [0.5, 0.6) is 11.5 Å². The molecule has 8 heteroatoms. The standard InChI is InChI=1S/C23H17Cl2F2NO3/c24-15-3-6-17(18(25)11-15)23(14-1-4-16(26)5-2-14)30-21-12-19(27)20(13-22(21)31-23)28-7-9-29-10-8-28/h1-6,11-13H,7-10H2. The van der Waals surface area contributed by atoms with Crippen LogP contribution in [0.1, 0.15) is 11.1 Å². The van der Waals surface area contributed by atoms with Gasteiger partial charge in [-0.05, 0) is 42.5 Å². The summed E-state index contributed by atoms with van der Waals surface area (Å²) in [6.45, 7) is 2.19. The minimum absolute atomic E-state index is 0.227. The molecule has 3 aromatic carbocycles. The van der Waals surface area contributed by atoms with Crippen molar-refractivity contribution in [3.8, 4) is 11.5 Å². The monoisotopic (exact) mass is 463 g/mol. The molecule has 1 atom stereocenters. The minimum atomic E-state index is -1.52. The van der Waals surface area contributed by atoms with Crippen molar-refractivity contribution in [2.24, 2.45) is 0 Å². The number of nitrogens with zero attached hydrogens (tertiary/aromatic N) is 1. The molecule has 0 aromatic heterocycles. The molecule has 3 aromatic rings. The van der Waals surface area contributed by atoms with Crippen LogP contribution in [-0.2, 0) is 10.5 Å². The topological polar surface area (TPSA) is 30.9 Å². The highest BCUT2D eigenvalue weighted by Gasteiger charge is 2.47. The van der Waals surface area contributed by atoms with Gasteiger partial charge in [0.05, 0.1) is 29.5 Å². The SMILES string of the molecule is Fc1ccc(C2(c3ccc(Cl)cc3Cl)Oc3cc(F)c(N4CCOCC4)cc3O2)cc1. The molecule has 0 spiro atoms. The summed E-state index contributed by atoms with van der Waals surface area (Å²) in [6.07, 6.45) is 0. The number of anilines is 1. The van der Waals surface area contributed by atoms with Gasteiger partial charge in [0, 0.05) is 35.8 Å². The molecule has 0 aliphatic carbocycles. The number of morpholine rings is 1. The average Bonchev–Trinajstić information content (AvgIpc) is 3.13. The van der Waals surface area contributed by atoms with Crippen molar-refractivity contribution < 1.29 is 23.0 Å². The average molecular weight is 464 g/mol. The van der Waals surface area contributed by atoms with E-state index < -0.39 is 17.4 Å². The Morgan fingerprint density at radius 2 is 1.52 bits per heavy atom. The maximum Gasteiger partial charge on any atom is 0.307 e. The van der Waals surface area contributed by atoms with E-state index in [4.69, 9.17) is 37.4 Å². The first-order valence-electron chi connectivity index (χ1n) is 9.72. The number of hydrogen-bond donors (Lipinski definition) is 0. The fourth-order valence-electron chi connectivity index (χ4n) is 3.87. The smallest absolute Gasteiger partial charge is 0.307 e. The third kappa shape index (κ3) is 3.59. The van der Waals surface area contributed by atoms with E-state index in [-0.39, 0.29) is 5.75 Å². The lowest BCUT2D eigenvalue weighted by Crippen LogP contribution is -2.37. The second kappa shape index (κ2) is 7.86. The molecule has 0 N–H and O–H groups in total. The summed E-state index contributed by atoms with van der Waals surface area (Å²) in [5, 5.41) is 0.748. The Balaban J connectivity index is 1.62. The van der Waals surface area contributed by atoms with Crippen LogP contribution < -0.4 is 14.4 Å². The van der Waals surface area contributed by atoms with Gasteiger partial charge >= 0.3 is 5.79 Å². The van der Waals surface area contributed by atoms with Crippen molar-refractivity contribution in [3.05, 3.63) is 87.4 Å². The molecular weight excluding hydrogens is 447 g/mol. The van der Waals surface area contributed by atoms with Gasteiger partial charge in [0.25, 0.3) is 0 Å². The molecular formula is C23H17Cl2F2NO3. The fraction of sp³-hybridized carbons (Fsp3) is 0.217. The second-order valence-corrected chi connectivity index (χ2v) is 8.15. The first-order valence-corrected chi connectivity index (χ1v) is 10.5. The Kier molecular flexibility index (Phi) is 5.16. The molecule has 5 rings (SSSR count). The molecule has 2 aliphatic rings. The number of fused-ring (bicyclic) bond motifs is 1. The van der Waals surface area contributed by atoms with E-state index in [1.165, 1.54) is 18.2 Å². The molecule has 1 unspecified atom stereocenters. The lowest BCUT2D eigenvalue weighted by Gasteiger charge is -2.29. The van der Waals surface area contributed by atoms with Crippen LogP contribution in [-0.4, -0.2) is 26.3 Å². The van der Waals surface area contributed by atoms with E-state index in [2.05, 4.69) is 0 Å². The molecule has 0 radical (unpaired) electrons. The molecule has 0 amide bonds. The largest absolute Gasteiger partial charge is 0.440 e. The lowest BCUT2D eigenvalue weighted by molar-refractivity contribution is -0.0458. The van der Waals surface area contributed by atoms with Gasteiger partial charge in [-0.3, -0.25) is 0 Å². The van der Waals surface area contributed by atoms with Crippen LogP contribution in [0.15, 0.2) is 54.6 Å². The molecule has 2 heterocycles. The highest BCUT2D eigenvalue weighted by Crippen LogP contribution is 2.51. The van der Waals surface area contributed by atoms with Crippen molar-refractivity contribution >= 4 is 28.9 Å². The predicted molar refractivity (Wildman–Crippen MR) is 114 cm³/mol. The quantitative estimate of drug-likeness (QED) is 0.492. The first-order chi connectivity index (χ1) is 15.0. The zero-order valence-electron chi connectivity index (χ0n) is 16.2. The van der Waals surface area contributed by atoms with E-state index >= 15 is 0 Å². The number of benzene rings is 3.